The largest absolute Gasteiger partial charge is 0.378 e. The maximum Gasteiger partial charge on any atom is 0.153 e. The van der Waals surface area contributed by atoms with Crippen LogP contribution in [0.1, 0.15) is 37.0 Å². The molecule has 0 aliphatic carbocycles. The summed E-state index contributed by atoms with van der Waals surface area (Å²) in [5.41, 5.74) is 2.36. The molecule has 1 aromatic carbocycles. The van der Waals surface area contributed by atoms with Crippen LogP contribution in [0.25, 0.3) is 0 Å². The molecular weight excluding hydrogens is 212 g/mol. The van der Waals surface area contributed by atoms with Gasteiger partial charge in [0, 0.05) is 11.6 Å². The molecule has 0 fully saturated rings. The Bertz CT molecular complexity index is 470. The van der Waals surface area contributed by atoms with E-state index in [2.05, 4.69) is 65.5 Å². The summed E-state index contributed by atoms with van der Waals surface area (Å²) < 4.78 is 0. The predicted octanol–water partition coefficient (Wildman–Crippen LogP) is 2.85. The molecule has 0 saturated heterocycles. The van der Waals surface area contributed by atoms with E-state index in [4.69, 9.17) is 0 Å². The van der Waals surface area contributed by atoms with Crippen LogP contribution in [0, 0.1) is 6.92 Å². The van der Waals surface area contributed by atoms with Crippen molar-refractivity contribution in [1.82, 2.24) is 15.2 Å². The van der Waals surface area contributed by atoms with Crippen molar-refractivity contribution in [3.05, 3.63) is 41.5 Å². The first kappa shape index (κ1) is 11.6. The first-order chi connectivity index (χ1) is 8.15. The van der Waals surface area contributed by atoms with Crippen LogP contribution < -0.4 is 5.32 Å². The Kier molecular flexibility index (Phi) is 3.42. The van der Waals surface area contributed by atoms with Crippen molar-refractivity contribution in [2.75, 3.05) is 5.32 Å². The third-order valence-corrected chi connectivity index (χ3v) is 2.58. The van der Waals surface area contributed by atoms with Crippen molar-refractivity contribution < 1.29 is 0 Å². The molecule has 90 valence electrons. The summed E-state index contributed by atoms with van der Waals surface area (Å²) in [7, 11) is 0. The van der Waals surface area contributed by atoms with Gasteiger partial charge in [-0.05, 0) is 19.1 Å². The fourth-order valence-corrected chi connectivity index (χ4v) is 1.50. The van der Waals surface area contributed by atoms with Gasteiger partial charge in [0.1, 0.15) is 5.82 Å². The Morgan fingerprint density at radius 2 is 1.94 bits per heavy atom. The second-order valence-electron chi connectivity index (χ2n) is 4.51. The molecule has 0 atom stereocenters. The van der Waals surface area contributed by atoms with Gasteiger partial charge in [-0.3, -0.25) is 5.10 Å². The zero-order chi connectivity index (χ0) is 12.3. The average molecular weight is 230 g/mol. The third kappa shape index (κ3) is 3.06. The number of aromatic amines is 1. The number of nitrogens with zero attached hydrogens (tertiary/aromatic N) is 2. The highest BCUT2D eigenvalue weighted by Crippen LogP contribution is 2.11. The topological polar surface area (TPSA) is 53.6 Å². The second-order valence-corrected chi connectivity index (χ2v) is 4.51. The number of anilines is 1. The Morgan fingerprint density at radius 3 is 2.53 bits per heavy atom. The highest BCUT2D eigenvalue weighted by molar-refractivity contribution is 5.44. The van der Waals surface area contributed by atoms with E-state index in [-0.39, 0.29) is 0 Å². The molecule has 0 radical (unpaired) electrons. The summed E-state index contributed by atoms with van der Waals surface area (Å²) in [6.45, 7) is 6.92. The molecule has 4 heteroatoms. The van der Waals surface area contributed by atoms with Gasteiger partial charge in [-0.25, -0.2) is 4.98 Å². The van der Waals surface area contributed by atoms with Gasteiger partial charge in [0.2, 0.25) is 0 Å². The smallest absolute Gasteiger partial charge is 0.153 e. The van der Waals surface area contributed by atoms with Crippen molar-refractivity contribution in [2.45, 2.75) is 33.2 Å². The summed E-state index contributed by atoms with van der Waals surface area (Å²) in [5, 5.41) is 10.4. The Morgan fingerprint density at radius 1 is 1.24 bits per heavy atom. The van der Waals surface area contributed by atoms with Gasteiger partial charge in [-0.1, -0.05) is 31.5 Å². The van der Waals surface area contributed by atoms with Crippen LogP contribution >= 0.6 is 0 Å². The number of H-pyrrole nitrogens is 1. The minimum absolute atomic E-state index is 0.361. The molecule has 0 aliphatic heterocycles. The van der Waals surface area contributed by atoms with Gasteiger partial charge in [-0.2, -0.15) is 5.10 Å². The van der Waals surface area contributed by atoms with E-state index >= 15 is 0 Å². The van der Waals surface area contributed by atoms with Crippen molar-refractivity contribution >= 4 is 5.69 Å². The zero-order valence-electron chi connectivity index (χ0n) is 10.5. The monoisotopic (exact) mass is 230 g/mol. The van der Waals surface area contributed by atoms with Crippen molar-refractivity contribution in [3.8, 4) is 0 Å². The lowest BCUT2D eigenvalue weighted by Crippen LogP contribution is -2.01. The van der Waals surface area contributed by atoms with Crippen LogP contribution in [-0.4, -0.2) is 15.2 Å². The lowest BCUT2D eigenvalue weighted by Gasteiger charge is -2.03. The van der Waals surface area contributed by atoms with Crippen LogP contribution in [0.4, 0.5) is 5.69 Å². The minimum Gasteiger partial charge on any atom is -0.378 e. The van der Waals surface area contributed by atoms with Crippen LogP contribution in [0.5, 0.6) is 0 Å². The SMILES string of the molecule is Cc1ccc(NCc2nc(C(C)C)n[nH]2)cc1. The van der Waals surface area contributed by atoms with Gasteiger partial charge in [0.15, 0.2) is 5.82 Å². The molecule has 2 N–H and O–H groups in total. The molecule has 0 spiro atoms. The molecular formula is C13H18N4. The lowest BCUT2D eigenvalue weighted by atomic mass is 10.2. The molecule has 0 amide bonds. The normalized spacial score (nSPS) is 10.8. The first-order valence-corrected chi connectivity index (χ1v) is 5.87. The Labute approximate surface area is 101 Å². The molecule has 0 aliphatic rings. The number of hydrogen-bond donors (Lipinski definition) is 2. The standard InChI is InChI=1S/C13H18N4/c1-9(2)13-15-12(16-17-13)8-14-11-6-4-10(3)5-7-11/h4-7,9,14H,8H2,1-3H3,(H,15,16,17). The van der Waals surface area contributed by atoms with Crippen LogP contribution in [0.15, 0.2) is 24.3 Å². The van der Waals surface area contributed by atoms with E-state index in [0.717, 1.165) is 17.3 Å². The molecule has 17 heavy (non-hydrogen) atoms. The number of aryl methyl sites for hydroxylation is 1. The second kappa shape index (κ2) is 4.99. The number of rotatable bonds is 4. The van der Waals surface area contributed by atoms with E-state index in [1.165, 1.54) is 5.56 Å². The summed E-state index contributed by atoms with van der Waals surface area (Å²) in [6.07, 6.45) is 0. The van der Waals surface area contributed by atoms with E-state index in [0.29, 0.717) is 12.5 Å². The summed E-state index contributed by atoms with van der Waals surface area (Å²) >= 11 is 0. The molecule has 2 aromatic rings. The number of hydrogen-bond acceptors (Lipinski definition) is 3. The highest BCUT2D eigenvalue weighted by atomic mass is 15.2. The highest BCUT2D eigenvalue weighted by Gasteiger charge is 2.06. The van der Waals surface area contributed by atoms with Gasteiger partial charge < -0.3 is 5.32 Å². The fraction of sp³-hybridized carbons (Fsp3) is 0.385. The fourth-order valence-electron chi connectivity index (χ4n) is 1.50. The molecule has 0 unspecified atom stereocenters. The summed E-state index contributed by atoms with van der Waals surface area (Å²) in [5.74, 6) is 2.10. The van der Waals surface area contributed by atoms with Gasteiger partial charge in [-0.15, -0.1) is 0 Å². The predicted molar refractivity (Wildman–Crippen MR) is 69.0 cm³/mol. The van der Waals surface area contributed by atoms with Crippen molar-refractivity contribution in [1.29, 1.82) is 0 Å². The van der Waals surface area contributed by atoms with Gasteiger partial charge in [0.25, 0.3) is 0 Å². The molecule has 1 heterocycles. The van der Waals surface area contributed by atoms with E-state index in [1.807, 2.05) is 0 Å². The third-order valence-electron chi connectivity index (χ3n) is 2.58. The van der Waals surface area contributed by atoms with Crippen molar-refractivity contribution in [3.63, 3.8) is 0 Å². The molecule has 0 saturated carbocycles. The molecule has 4 nitrogen and oxygen atoms in total. The maximum absolute atomic E-state index is 4.41. The van der Waals surface area contributed by atoms with Crippen molar-refractivity contribution in [2.24, 2.45) is 0 Å². The summed E-state index contributed by atoms with van der Waals surface area (Å²) in [4.78, 5) is 4.41. The Hall–Kier alpha value is -1.84. The van der Waals surface area contributed by atoms with E-state index in [9.17, 15) is 0 Å². The van der Waals surface area contributed by atoms with Crippen LogP contribution in [0.2, 0.25) is 0 Å². The first-order valence-electron chi connectivity index (χ1n) is 5.87. The van der Waals surface area contributed by atoms with Crippen LogP contribution in [0.3, 0.4) is 0 Å². The number of benzene rings is 1. The quantitative estimate of drug-likeness (QED) is 0.849. The van der Waals surface area contributed by atoms with E-state index in [1.54, 1.807) is 0 Å². The number of nitrogens with one attached hydrogen (secondary N) is 2. The summed E-state index contributed by atoms with van der Waals surface area (Å²) in [6, 6.07) is 8.30. The maximum atomic E-state index is 4.41. The Balaban J connectivity index is 1.95. The molecule has 1 aromatic heterocycles. The molecule has 2 rings (SSSR count). The van der Waals surface area contributed by atoms with Gasteiger partial charge in [0.05, 0.1) is 6.54 Å². The average Bonchev–Trinajstić information content (AvgIpc) is 2.77. The van der Waals surface area contributed by atoms with E-state index < -0.39 is 0 Å². The van der Waals surface area contributed by atoms with Crippen LogP contribution in [-0.2, 0) is 6.54 Å². The lowest BCUT2D eigenvalue weighted by molar-refractivity contribution is 0.780. The van der Waals surface area contributed by atoms with Gasteiger partial charge >= 0.3 is 0 Å². The minimum atomic E-state index is 0.361. The number of aromatic nitrogens is 3. The zero-order valence-corrected chi connectivity index (χ0v) is 10.5. The molecule has 0 bridgehead atoms.